The molecular formula is C9H10ClFN2O2. The Labute approximate surface area is 91.1 Å². The number of rotatable bonds is 3. The zero-order chi connectivity index (χ0) is 11.3. The molecule has 2 amide bonds. The van der Waals surface area contributed by atoms with E-state index in [1.165, 1.54) is 18.2 Å². The molecule has 4 nitrogen and oxygen atoms in total. The molecule has 0 aliphatic carbocycles. The standard InChI is InChI=1S/C9H10ClFN2O2/c10-6-2-1-3-7(8(6)11)13-9(15)12-4-5-14/h1-3,14H,4-5H2,(H2,12,13,15). The van der Waals surface area contributed by atoms with Gasteiger partial charge in [-0.1, -0.05) is 17.7 Å². The monoisotopic (exact) mass is 232 g/mol. The number of hydrogen-bond acceptors (Lipinski definition) is 2. The van der Waals surface area contributed by atoms with Gasteiger partial charge in [0, 0.05) is 6.54 Å². The summed E-state index contributed by atoms with van der Waals surface area (Å²) in [6.07, 6.45) is 0. The van der Waals surface area contributed by atoms with Gasteiger partial charge in [0.2, 0.25) is 0 Å². The van der Waals surface area contributed by atoms with Crippen LogP contribution in [0.3, 0.4) is 0 Å². The van der Waals surface area contributed by atoms with Crippen molar-refractivity contribution in [3.05, 3.63) is 29.0 Å². The van der Waals surface area contributed by atoms with Gasteiger partial charge in [-0.2, -0.15) is 0 Å². The van der Waals surface area contributed by atoms with Gasteiger partial charge in [-0.05, 0) is 12.1 Å². The molecule has 0 saturated carbocycles. The number of nitrogens with one attached hydrogen (secondary N) is 2. The van der Waals surface area contributed by atoms with E-state index in [1.54, 1.807) is 0 Å². The molecule has 1 aromatic rings. The lowest BCUT2D eigenvalue weighted by molar-refractivity contribution is 0.244. The van der Waals surface area contributed by atoms with E-state index in [1.807, 2.05) is 0 Å². The maximum Gasteiger partial charge on any atom is 0.319 e. The van der Waals surface area contributed by atoms with Crippen LogP contribution in [0.2, 0.25) is 5.02 Å². The van der Waals surface area contributed by atoms with E-state index in [-0.39, 0.29) is 23.9 Å². The molecule has 0 atom stereocenters. The lowest BCUT2D eigenvalue weighted by atomic mass is 10.3. The van der Waals surface area contributed by atoms with Crippen LogP contribution in [0.15, 0.2) is 18.2 Å². The van der Waals surface area contributed by atoms with Crippen LogP contribution in [0.4, 0.5) is 14.9 Å². The van der Waals surface area contributed by atoms with Gasteiger partial charge in [-0.15, -0.1) is 0 Å². The Morgan fingerprint density at radius 1 is 1.53 bits per heavy atom. The number of benzene rings is 1. The van der Waals surface area contributed by atoms with Crippen LogP contribution in [0.25, 0.3) is 0 Å². The van der Waals surface area contributed by atoms with Crippen LogP contribution in [-0.2, 0) is 0 Å². The van der Waals surface area contributed by atoms with E-state index >= 15 is 0 Å². The number of hydrogen-bond donors (Lipinski definition) is 3. The summed E-state index contributed by atoms with van der Waals surface area (Å²) in [4.78, 5) is 11.1. The highest BCUT2D eigenvalue weighted by molar-refractivity contribution is 6.31. The van der Waals surface area contributed by atoms with Crippen LogP contribution in [0, 0.1) is 5.82 Å². The highest BCUT2D eigenvalue weighted by Crippen LogP contribution is 2.21. The minimum atomic E-state index is -0.682. The third-order valence-corrected chi connectivity index (χ3v) is 1.89. The summed E-state index contributed by atoms with van der Waals surface area (Å²) < 4.78 is 13.3. The van der Waals surface area contributed by atoms with Crippen molar-refractivity contribution in [1.82, 2.24) is 5.32 Å². The molecule has 6 heteroatoms. The summed E-state index contributed by atoms with van der Waals surface area (Å²) in [6.45, 7) is -0.0700. The third-order valence-electron chi connectivity index (χ3n) is 1.60. The number of aliphatic hydroxyl groups is 1. The fourth-order valence-corrected chi connectivity index (χ4v) is 1.11. The van der Waals surface area contributed by atoms with Gasteiger partial charge in [0.15, 0.2) is 5.82 Å². The zero-order valence-corrected chi connectivity index (χ0v) is 8.51. The molecular weight excluding hydrogens is 223 g/mol. The second-order valence-electron chi connectivity index (χ2n) is 2.71. The Kier molecular flexibility index (Phi) is 4.33. The molecule has 15 heavy (non-hydrogen) atoms. The molecule has 0 bridgehead atoms. The largest absolute Gasteiger partial charge is 0.395 e. The third kappa shape index (κ3) is 3.38. The van der Waals surface area contributed by atoms with Crippen molar-refractivity contribution in [2.45, 2.75) is 0 Å². The fourth-order valence-electron chi connectivity index (χ4n) is 0.936. The number of amides is 2. The lowest BCUT2D eigenvalue weighted by Crippen LogP contribution is -2.31. The van der Waals surface area contributed by atoms with Gasteiger partial charge >= 0.3 is 6.03 Å². The number of urea groups is 1. The van der Waals surface area contributed by atoms with Crippen molar-refractivity contribution in [3.63, 3.8) is 0 Å². The summed E-state index contributed by atoms with van der Waals surface area (Å²) in [6, 6.07) is 3.70. The average molecular weight is 233 g/mol. The molecule has 0 fully saturated rings. The first kappa shape index (κ1) is 11.7. The minimum absolute atomic E-state index is 0.00191. The topological polar surface area (TPSA) is 61.4 Å². The number of anilines is 1. The summed E-state index contributed by atoms with van der Waals surface area (Å²) in [5.74, 6) is -0.682. The average Bonchev–Trinajstić information content (AvgIpc) is 2.22. The smallest absolute Gasteiger partial charge is 0.319 e. The van der Waals surface area contributed by atoms with E-state index in [4.69, 9.17) is 16.7 Å². The Balaban J connectivity index is 2.64. The molecule has 0 radical (unpaired) electrons. The second kappa shape index (κ2) is 5.53. The second-order valence-corrected chi connectivity index (χ2v) is 3.11. The first-order valence-corrected chi connectivity index (χ1v) is 4.62. The fraction of sp³-hybridized carbons (Fsp3) is 0.222. The summed E-state index contributed by atoms with van der Waals surface area (Å²) in [5.41, 5.74) is -0.00191. The Morgan fingerprint density at radius 3 is 2.93 bits per heavy atom. The molecule has 82 valence electrons. The van der Waals surface area contributed by atoms with Crippen LogP contribution in [-0.4, -0.2) is 24.3 Å². The maximum absolute atomic E-state index is 13.3. The molecule has 1 aromatic carbocycles. The van der Waals surface area contributed by atoms with Crippen LogP contribution >= 0.6 is 11.6 Å². The summed E-state index contributed by atoms with van der Waals surface area (Å²) in [7, 11) is 0. The SMILES string of the molecule is O=C(NCCO)Nc1cccc(Cl)c1F. The highest BCUT2D eigenvalue weighted by atomic mass is 35.5. The Hall–Kier alpha value is -1.33. The van der Waals surface area contributed by atoms with Crippen molar-refractivity contribution in [2.24, 2.45) is 0 Å². The van der Waals surface area contributed by atoms with E-state index < -0.39 is 11.8 Å². The van der Waals surface area contributed by atoms with Crippen molar-refractivity contribution < 1.29 is 14.3 Å². The zero-order valence-electron chi connectivity index (χ0n) is 7.76. The number of carbonyl (C=O) groups excluding carboxylic acids is 1. The molecule has 1 rings (SSSR count). The van der Waals surface area contributed by atoms with Crippen molar-refractivity contribution in [2.75, 3.05) is 18.5 Å². The Morgan fingerprint density at radius 2 is 2.27 bits per heavy atom. The van der Waals surface area contributed by atoms with Gasteiger partial charge < -0.3 is 15.7 Å². The normalized spacial score (nSPS) is 9.80. The number of halogens is 2. The molecule has 0 heterocycles. The molecule has 0 unspecified atom stereocenters. The summed E-state index contributed by atoms with van der Waals surface area (Å²) in [5, 5.41) is 13.0. The molecule has 0 aliphatic rings. The molecule has 0 aromatic heterocycles. The van der Waals surface area contributed by atoms with Gasteiger partial charge in [0.1, 0.15) is 0 Å². The highest BCUT2D eigenvalue weighted by Gasteiger charge is 2.08. The van der Waals surface area contributed by atoms with E-state index in [0.29, 0.717) is 0 Å². The number of carbonyl (C=O) groups is 1. The van der Waals surface area contributed by atoms with E-state index in [0.717, 1.165) is 0 Å². The van der Waals surface area contributed by atoms with Crippen LogP contribution in [0.5, 0.6) is 0 Å². The molecule has 0 saturated heterocycles. The predicted molar refractivity (Wildman–Crippen MR) is 55.5 cm³/mol. The van der Waals surface area contributed by atoms with Gasteiger partial charge in [-0.3, -0.25) is 0 Å². The van der Waals surface area contributed by atoms with Crippen molar-refractivity contribution in [3.8, 4) is 0 Å². The Bertz CT molecular complexity index is 360. The predicted octanol–water partition coefficient (Wildman–Crippen LogP) is 1.59. The maximum atomic E-state index is 13.3. The van der Waals surface area contributed by atoms with E-state index in [9.17, 15) is 9.18 Å². The van der Waals surface area contributed by atoms with Gasteiger partial charge in [-0.25, -0.2) is 9.18 Å². The minimum Gasteiger partial charge on any atom is -0.395 e. The first-order chi connectivity index (χ1) is 7.15. The quantitative estimate of drug-likeness (QED) is 0.741. The first-order valence-electron chi connectivity index (χ1n) is 4.25. The van der Waals surface area contributed by atoms with Gasteiger partial charge in [0.25, 0.3) is 0 Å². The van der Waals surface area contributed by atoms with Crippen LogP contribution in [0.1, 0.15) is 0 Å². The molecule has 0 aliphatic heterocycles. The molecule has 3 N–H and O–H groups in total. The number of aliphatic hydroxyl groups excluding tert-OH is 1. The van der Waals surface area contributed by atoms with Crippen molar-refractivity contribution in [1.29, 1.82) is 0 Å². The van der Waals surface area contributed by atoms with E-state index in [2.05, 4.69) is 10.6 Å². The van der Waals surface area contributed by atoms with Crippen LogP contribution < -0.4 is 10.6 Å². The van der Waals surface area contributed by atoms with Gasteiger partial charge in [0.05, 0.1) is 17.3 Å². The van der Waals surface area contributed by atoms with Crippen molar-refractivity contribution >= 4 is 23.3 Å². The summed E-state index contributed by atoms with van der Waals surface area (Å²) >= 11 is 5.51. The lowest BCUT2D eigenvalue weighted by Gasteiger charge is -2.07. The molecule has 0 spiro atoms.